The van der Waals surface area contributed by atoms with Crippen LogP contribution in [-0.2, 0) is 9.53 Å². The zero-order valence-corrected chi connectivity index (χ0v) is 10.9. The van der Waals surface area contributed by atoms with Crippen LogP contribution >= 0.6 is 15.9 Å². The Kier molecular flexibility index (Phi) is 5.05. The number of esters is 1. The Bertz CT molecular complexity index is 402. The summed E-state index contributed by atoms with van der Waals surface area (Å²) in [7, 11) is 1.77. The molecule has 1 aromatic rings. The second kappa shape index (κ2) is 6.33. The first-order chi connectivity index (χ1) is 7.67. The van der Waals surface area contributed by atoms with Gasteiger partial charge in [0, 0.05) is 23.3 Å². The largest absolute Gasteiger partial charge is 0.463 e. The molecule has 0 amide bonds. The number of halogens is 1. The van der Waals surface area contributed by atoms with Crippen LogP contribution in [0.3, 0.4) is 0 Å². The molecule has 0 fully saturated rings. The van der Waals surface area contributed by atoms with Crippen LogP contribution in [0.1, 0.15) is 12.5 Å². The lowest BCUT2D eigenvalue weighted by atomic mass is 10.1. The molecule has 0 spiro atoms. The molecule has 0 radical (unpaired) electrons. The highest BCUT2D eigenvalue weighted by molar-refractivity contribution is 9.10. The van der Waals surface area contributed by atoms with Crippen molar-refractivity contribution in [2.45, 2.75) is 6.92 Å². The average Bonchev–Trinajstić information content (AvgIpc) is 2.26. The van der Waals surface area contributed by atoms with E-state index in [0.29, 0.717) is 6.61 Å². The zero-order chi connectivity index (χ0) is 12.0. The van der Waals surface area contributed by atoms with Crippen LogP contribution in [0.4, 0.5) is 0 Å². The summed E-state index contributed by atoms with van der Waals surface area (Å²) in [6.07, 6.45) is 1.45. The molecule has 1 aromatic carbocycles. The summed E-state index contributed by atoms with van der Waals surface area (Å²) in [5.41, 5.74) is 1.67. The van der Waals surface area contributed by atoms with E-state index < -0.39 is 0 Å². The predicted octanol–water partition coefficient (Wildman–Crippen LogP) is 2.57. The number of hydrogen-bond donors (Lipinski definition) is 1. The Balaban J connectivity index is 2.94. The van der Waals surface area contributed by atoms with Crippen LogP contribution in [0.25, 0.3) is 5.70 Å². The lowest BCUT2D eigenvalue weighted by Crippen LogP contribution is -2.09. The molecule has 0 aliphatic heterocycles. The first kappa shape index (κ1) is 12.8. The minimum absolute atomic E-state index is 0.341. The van der Waals surface area contributed by atoms with Crippen LogP contribution in [0.15, 0.2) is 34.8 Å². The van der Waals surface area contributed by atoms with E-state index >= 15 is 0 Å². The van der Waals surface area contributed by atoms with Crippen molar-refractivity contribution in [3.05, 3.63) is 40.4 Å². The van der Waals surface area contributed by atoms with Crippen LogP contribution in [-0.4, -0.2) is 19.6 Å². The first-order valence-electron chi connectivity index (χ1n) is 4.99. The van der Waals surface area contributed by atoms with Gasteiger partial charge in [0.15, 0.2) is 0 Å². The van der Waals surface area contributed by atoms with Crippen LogP contribution in [0, 0.1) is 0 Å². The van der Waals surface area contributed by atoms with Gasteiger partial charge in [-0.05, 0) is 24.6 Å². The highest BCUT2D eigenvalue weighted by atomic mass is 79.9. The number of carbonyl (C=O) groups excluding carboxylic acids is 1. The van der Waals surface area contributed by atoms with Gasteiger partial charge >= 0.3 is 5.97 Å². The fourth-order valence-electron chi connectivity index (χ4n) is 1.26. The minimum atomic E-state index is -0.341. The third-order valence-electron chi connectivity index (χ3n) is 1.95. The maximum absolute atomic E-state index is 11.3. The van der Waals surface area contributed by atoms with E-state index in [2.05, 4.69) is 21.2 Å². The second-order valence-corrected chi connectivity index (χ2v) is 3.99. The number of benzene rings is 1. The van der Waals surface area contributed by atoms with E-state index in [1.54, 1.807) is 14.0 Å². The Labute approximate surface area is 104 Å². The van der Waals surface area contributed by atoms with E-state index in [-0.39, 0.29) is 5.97 Å². The molecule has 86 valence electrons. The minimum Gasteiger partial charge on any atom is -0.463 e. The van der Waals surface area contributed by atoms with E-state index in [9.17, 15) is 4.79 Å². The highest BCUT2D eigenvalue weighted by Gasteiger charge is 2.03. The van der Waals surface area contributed by atoms with Gasteiger partial charge in [-0.25, -0.2) is 4.79 Å². The molecule has 0 aliphatic carbocycles. The molecule has 1 N–H and O–H groups in total. The summed E-state index contributed by atoms with van der Waals surface area (Å²) in [5.74, 6) is -0.341. The van der Waals surface area contributed by atoms with Gasteiger partial charge in [-0.1, -0.05) is 28.1 Å². The molecule has 0 aliphatic rings. The number of ether oxygens (including phenoxy) is 1. The molecule has 3 nitrogen and oxygen atoms in total. The van der Waals surface area contributed by atoms with Crippen molar-refractivity contribution in [3.63, 3.8) is 0 Å². The molecule has 0 aromatic heterocycles. The van der Waals surface area contributed by atoms with Gasteiger partial charge in [-0.15, -0.1) is 0 Å². The summed E-state index contributed by atoms with van der Waals surface area (Å²) in [4.78, 5) is 11.3. The number of nitrogens with one attached hydrogen (secondary N) is 1. The van der Waals surface area contributed by atoms with Gasteiger partial charge in [-0.3, -0.25) is 0 Å². The molecule has 0 bridgehead atoms. The van der Waals surface area contributed by atoms with Gasteiger partial charge in [0.25, 0.3) is 0 Å². The third-order valence-corrected chi connectivity index (χ3v) is 2.45. The number of carbonyl (C=O) groups is 1. The fourth-order valence-corrected chi connectivity index (χ4v) is 1.66. The molecule has 0 saturated carbocycles. The van der Waals surface area contributed by atoms with E-state index in [1.807, 2.05) is 24.3 Å². The molecule has 4 heteroatoms. The summed E-state index contributed by atoms with van der Waals surface area (Å²) in [5, 5.41) is 2.97. The SMILES string of the molecule is CCOC(=O)C=C(NC)c1cccc(Br)c1. The van der Waals surface area contributed by atoms with Crippen molar-refractivity contribution in [1.82, 2.24) is 5.32 Å². The van der Waals surface area contributed by atoms with Crippen molar-refractivity contribution >= 4 is 27.6 Å². The molecule has 0 unspecified atom stereocenters. The Morgan fingerprint density at radius 2 is 2.31 bits per heavy atom. The van der Waals surface area contributed by atoms with Gasteiger partial charge in [0.2, 0.25) is 0 Å². The van der Waals surface area contributed by atoms with Gasteiger partial charge in [0.05, 0.1) is 6.61 Å². The van der Waals surface area contributed by atoms with Gasteiger partial charge < -0.3 is 10.1 Å². The molecular weight excluding hydrogens is 270 g/mol. The summed E-state index contributed by atoms with van der Waals surface area (Å²) in [6.45, 7) is 2.16. The normalized spacial score (nSPS) is 11.1. The molecule has 0 saturated heterocycles. The van der Waals surface area contributed by atoms with Crippen LogP contribution < -0.4 is 5.32 Å². The molecule has 0 atom stereocenters. The van der Waals surface area contributed by atoms with Gasteiger partial charge in [0.1, 0.15) is 0 Å². The van der Waals surface area contributed by atoms with E-state index in [4.69, 9.17) is 4.74 Å². The predicted molar refractivity (Wildman–Crippen MR) is 67.8 cm³/mol. The Hall–Kier alpha value is -1.29. The van der Waals surface area contributed by atoms with Crippen LogP contribution in [0.2, 0.25) is 0 Å². The third kappa shape index (κ3) is 3.70. The van der Waals surface area contributed by atoms with Gasteiger partial charge in [-0.2, -0.15) is 0 Å². The highest BCUT2D eigenvalue weighted by Crippen LogP contribution is 2.17. The van der Waals surface area contributed by atoms with Crippen molar-refractivity contribution in [1.29, 1.82) is 0 Å². The second-order valence-electron chi connectivity index (χ2n) is 3.07. The van der Waals surface area contributed by atoms with Crippen molar-refractivity contribution in [2.24, 2.45) is 0 Å². The smallest absolute Gasteiger partial charge is 0.332 e. The quantitative estimate of drug-likeness (QED) is 0.682. The number of hydrogen-bond acceptors (Lipinski definition) is 3. The van der Waals surface area contributed by atoms with E-state index in [1.165, 1.54) is 6.08 Å². The van der Waals surface area contributed by atoms with Crippen molar-refractivity contribution < 1.29 is 9.53 Å². The maximum atomic E-state index is 11.3. The number of rotatable bonds is 4. The van der Waals surface area contributed by atoms with Crippen LogP contribution in [0.5, 0.6) is 0 Å². The lowest BCUT2D eigenvalue weighted by Gasteiger charge is -2.07. The molecule has 0 heterocycles. The average molecular weight is 284 g/mol. The summed E-state index contributed by atoms with van der Waals surface area (Å²) in [6, 6.07) is 7.70. The fraction of sp³-hybridized carbons (Fsp3) is 0.250. The van der Waals surface area contributed by atoms with Crippen molar-refractivity contribution in [3.8, 4) is 0 Å². The summed E-state index contributed by atoms with van der Waals surface area (Å²) < 4.78 is 5.83. The van der Waals surface area contributed by atoms with Crippen molar-refractivity contribution in [2.75, 3.05) is 13.7 Å². The first-order valence-corrected chi connectivity index (χ1v) is 5.78. The lowest BCUT2D eigenvalue weighted by molar-refractivity contribution is -0.137. The standard InChI is InChI=1S/C12H14BrNO2/c1-3-16-12(15)8-11(14-2)9-5-4-6-10(13)7-9/h4-8,14H,3H2,1-2H3. The molecular formula is C12H14BrNO2. The molecule has 1 rings (SSSR count). The topological polar surface area (TPSA) is 38.3 Å². The monoisotopic (exact) mass is 283 g/mol. The Morgan fingerprint density at radius 3 is 2.88 bits per heavy atom. The summed E-state index contributed by atoms with van der Waals surface area (Å²) >= 11 is 3.39. The zero-order valence-electron chi connectivity index (χ0n) is 9.29. The molecule has 16 heavy (non-hydrogen) atoms. The maximum Gasteiger partial charge on any atom is 0.332 e. The van der Waals surface area contributed by atoms with E-state index in [0.717, 1.165) is 15.7 Å². The Morgan fingerprint density at radius 1 is 1.56 bits per heavy atom.